The zero-order chi connectivity index (χ0) is 24.2. The van der Waals surface area contributed by atoms with Crippen LogP contribution in [-0.4, -0.2) is 67.5 Å². The molecule has 8 nitrogen and oxygen atoms in total. The summed E-state index contributed by atoms with van der Waals surface area (Å²) >= 11 is 0. The van der Waals surface area contributed by atoms with E-state index in [2.05, 4.69) is 10.2 Å². The smallest absolute Gasteiger partial charge is 0.223 e. The van der Waals surface area contributed by atoms with Crippen LogP contribution in [0.4, 0.5) is 0 Å². The first-order chi connectivity index (χ1) is 17.1. The molecule has 2 atom stereocenters. The van der Waals surface area contributed by atoms with E-state index in [0.29, 0.717) is 54.7 Å². The Morgan fingerprint density at radius 1 is 1.06 bits per heavy atom. The van der Waals surface area contributed by atoms with Gasteiger partial charge in [0.1, 0.15) is 30.8 Å². The van der Waals surface area contributed by atoms with Crippen LogP contribution in [0, 0.1) is 0 Å². The zero-order valence-electron chi connectivity index (χ0n) is 20.2. The van der Waals surface area contributed by atoms with Crippen molar-refractivity contribution in [3.63, 3.8) is 0 Å². The molecule has 0 unspecified atom stereocenters. The van der Waals surface area contributed by atoms with Gasteiger partial charge >= 0.3 is 0 Å². The van der Waals surface area contributed by atoms with Crippen molar-refractivity contribution in [2.24, 2.45) is 0 Å². The van der Waals surface area contributed by atoms with Crippen molar-refractivity contribution in [1.29, 1.82) is 0 Å². The van der Waals surface area contributed by atoms with Gasteiger partial charge in [-0.2, -0.15) is 0 Å². The molecule has 3 heterocycles. The number of aliphatic hydroxyl groups is 1. The van der Waals surface area contributed by atoms with Gasteiger partial charge in [-0.05, 0) is 67.6 Å². The van der Waals surface area contributed by atoms with E-state index in [1.54, 1.807) is 7.11 Å². The van der Waals surface area contributed by atoms with E-state index >= 15 is 0 Å². The number of fused-ring (bicyclic) bond motifs is 3. The number of hydrogen-bond donors (Lipinski definition) is 2. The number of hydrogen-bond acceptors (Lipinski definition) is 7. The molecule has 8 heteroatoms. The maximum absolute atomic E-state index is 12.9. The Bertz CT molecular complexity index is 1000. The van der Waals surface area contributed by atoms with Gasteiger partial charge in [0.05, 0.1) is 26.2 Å². The molecule has 2 saturated heterocycles. The van der Waals surface area contributed by atoms with Crippen LogP contribution in [0.1, 0.15) is 46.6 Å². The zero-order valence-corrected chi connectivity index (χ0v) is 20.2. The van der Waals surface area contributed by atoms with Gasteiger partial charge in [-0.15, -0.1) is 0 Å². The molecule has 0 aromatic heterocycles. The van der Waals surface area contributed by atoms with Gasteiger partial charge in [-0.3, -0.25) is 9.69 Å². The average Bonchev–Trinajstić information content (AvgIpc) is 3.47. The second-order valence-electron chi connectivity index (χ2n) is 9.46. The van der Waals surface area contributed by atoms with Crippen molar-refractivity contribution in [3.05, 3.63) is 48.0 Å². The Hall–Kier alpha value is -2.97. The number of rotatable bonds is 10. The molecular weight excluding hydrogens is 448 g/mol. The summed E-state index contributed by atoms with van der Waals surface area (Å²) in [5, 5.41) is 14.4. The van der Waals surface area contributed by atoms with Crippen LogP contribution >= 0.6 is 0 Å². The summed E-state index contributed by atoms with van der Waals surface area (Å²) in [6, 6.07) is 13.4. The molecule has 5 rings (SSSR count). The van der Waals surface area contributed by atoms with Gasteiger partial charge in [-0.25, -0.2) is 0 Å². The highest BCUT2D eigenvalue weighted by Gasteiger charge is 2.41. The third-order valence-corrected chi connectivity index (χ3v) is 7.30. The van der Waals surface area contributed by atoms with Crippen molar-refractivity contribution >= 4 is 5.91 Å². The third-order valence-electron chi connectivity index (χ3n) is 7.30. The van der Waals surface area contributed by atoms with E-state index in [1.165, 1.54) is 25.7 Å². The predicted octanol–water partition coefficient (Wildman–Crippen LogP) is 3.57. The summed E-state index contributed by atoms with van der Waals surface area (Å²) in [5.41, 5.74) is 0.709. The van der Waals surface area contributed by atoms with Gasteiger partial charge in [-0.1, -0.05) is 6.07 Å². The van der Waals surface area contributed by atoms with E-state index in [-0.39, 0.29) is 21.8 Å². The Labute approximate surface area is 209 Å². The number of amides is 1. The largest absolute Gasteiger partial charge is 0.497 e. The lowest BCUT2D eigenvalue weighted by molar-refractivity contribution is -0.123. The first-order valence-electron chi connectivity index (χ1n) is 12.5. The maximum Gasteiger partial charge on any atom is 0.223 e. The Balaban J connectivity index is 0.00000190. The summed E-state index contributed by atoms with van der Waals surface area (Å²) in [6.07, 6.45) is 4.12. The van der Waals surface area contributed by atoms with E-state index in [9.17, 15) is 9.90 Å². The molecule has 2 aromatic rings. The van der Waals surface area contributed by atoms with Gasteiger partial charge in [0.25, 0.3) is 0 Å². The van der Waals surface area contributed by atoms with E-state index in [4.69, 9.17) is 18.9 Å². The summed E-state index contributed by atoms with van der Waals surface area (Å²) in [4.78, 5) is 15.4. The molecule has 0 aliphatic carbocycles. The molecule has 3 aliphatic rings. The lowest BCUT2D eigenvalue weighted by atomic mass is 10.0. The molecule has 192 valence electrons. The molecule has 2 N–H and O–H groups in total. The lowest BCUT2D eigenvalue weighted by Gasteiger charge is -2.32. The minimum Gasteiger partial charge on any atom is -0.497 e. The molecule has 3 aliphatic heterocycles. The average molecular weight is 487 g/mol. The van der Waals surface area contributed by atoms with Gasteiger partial charge in [0, 0.05) is 21.5 Å². The van der Waals surface area contributed by atoms with Crippen molar-refractivity contribution < 1.29 is 31.7 Å². The molecular formula is C27H38N2O6. The molecule has 2 bridgehead atoms. The minimum absolute atomic E-state index is 0. The number of nitrogens with zero attached hydrogens (tertiary/aromatic N) is 1. The van der Waals surface area contributed by atoms with Crippen LogP contribution in [0.25, 0.3) is 0 Å². The molecule has 0 radical (unpaired) electrons. The normalized spacial score (nSPS) is 22.5. The van der Waals surface area contributed by atoms with Crippen LogP contribution in [-0.2, 0) is 4.79 Å². The summed E-state index contributed by atoms with van der Waals surface area (Å²) in [5.74, 6) is 2.60. The number of nitrogens with one attached hydrogen (secondary N) is 1. The van der Waals surface area contributed by atoms with Gasteiger partial charge in [0.2, 0.25) is 5.91 Å². The highest BCUT2D eigenvalue weighted by atomic mass is 16.6. The molecule has 1 amide bonds. The Morgan fingerprint density at radius 3 is 2.40 bits per heavy atom. The number of aliphatic hydroxyl groups excluding tert-OH is 1. The highest BCUT2D eigenvalue weighted by molar-refractivity contribution is 5.76. The van der Waals surface area contributed by atoms with Crippen LogP contribution in [0.3, 0.4) is 0 Å². The van der Waals surface area contributed by atoms with Gasteiger partial charge in [0.15, 0.2) is 11.5 Å². The summed E-state index contributed by atoms with van der Waals surface area (Å²) in [7, 11) is 1.61. The fourth-order valence-corrected chi connectivity index (χ4v) is 5.46. The molecule has 2 fully saturated rings. The van der Waals surface area contributed by atoms with Crippen LogP contribution in [0.5, 0.6) is 23.0 Å². The van der Waals surface area contributed by atoms with E-state index < -0.39 is 12.1 Å². The van der Waals surface area contributed by atoms with Crippen molar-refractivity contribution in [3.8, 4) is 23.0 Å². The molecule has 0 spiro atoms. The number of carbonyl (C=O) groups excluding carboxylic acids is 1. The van der Waals surface area contributed by atoms with Crippen LogP contribution < -0.4 is 24.3 Å². The fraction of sp³-hybridized carbons (Fsp3) is 0.519. The first-order valence-corrected chi connectivity index (χ1v) is 12.5. The minimum atomic E-state index is -0.864. The topological polar surface area (TPSA) is 89.5 Å². The fourth-order valence-electron chi connectivity index (χ4n) is 5.46. The third kappa shape index (κ3) is 5.49. The van der Waals surface area contributed by atoms with E-state index in [0.717, 1.165) is 5.75 Å². The standard InChI is InChI=1S/C27H34N2O6.2H2/c1-32-21-7-9-22(10-8-21)33-13-12-26(30)28-23(17-29-19-3-4-20(29)6-5-19)27(31)18-2-11-24-25(16-18)35-15-14-34-24;;/h2,7-11,16,19-20,23,27,31H,3-6,12-15,17H2,1H3,(H,28,30);2*1H/t19?,20?,23-,27-;;/m1../s1. The van der Waals surface area contributed by atoms with Crippen molar-refractivity contribution in [2.45, 2.75) is 56.3 Å². The van der Waals surface area contributed by atoms with Crippen molar-refractivity contribution in [2.75, 3.05) is 33.5 Å². The molecule has 2 aromatic carbocycles. The number of carbonyl (C=O) groups is 1. The monoisotopic (exact) mass is 486 g/mol. The molecule has 35 heavy (non-hydrogen) atoms. The number of ether oxygens (including phenoxy) is 4. The second-order valence-corrected chi connectivity index (χ2v) is 9.46. The summed E-state index contributed by atoms with van der Waals surface area (Å²) in [6.45, 7) is 1.87. The quantitative estimate of drug-likeness (QED) is 0.531. The van der Waals surface area contributed by atoms with Gasteiger partial charge < -0.3 is 29.4 Å². The summed E-state index contributed by atoms with van der Waals surface area (Å²) < 4.78 is 22.2. The second kappa shape index (κ2) is 10.7. The highest BCUT2D eigenvalue weighted by Crippen LogP contribution is 2.39. The maximum atomic E-state index is 12.9. The Morgan fingerprint density at radius 2 is 1.71 bits per heavy atom. The molecule has 0 saturated carbocycles. The SMILES string of the molecule is COc1ccc(OCCC(=O)N[C@H](CN2C3CCC2CC3)[C@H](O)c2ccc3c(c2)OCCO3)cc1.[HH].[HH]. The first kappa shape index (κ1) is 23.8. The predicted molar refractivity (Wildman–Crippen MR) is 134 cm³/mol. The lowest BCUT2D eigenvalue weighted by Crippen LogP contribution is -2.48. The number of benzene rings is 2. The van der Waals surface area contributed by atoms with Crippen LogP contribution in [0.15, 0.2) is 42.5 Å². The van der Waals surface area contributed by atoms with E-state index in [1.807, 2.05) is 42.5 Å². The van der Waals surface area contributed by atoms with Crippen LogP contribution in [0.2, 0.25) is 0 Å². The van der Waals surface area contributed by atoms with Crippen molar-refractivity contribution in [1.82, 2.24) is 10.2 Å². The Kier molecular flexibility index (Phi) is 7.29. The number of methoxy groups -OCH3 is 1.